The highest BCUT2D eigenvalue weighted by Crippen LogP contribution is 2.32. The molecule has 0 aromatic carbocycles. The Bertz CT molecular complexity index is 474. The molecular formula is C13H19F3N2O2S. The fraction of sp³-hybridized carbons (Fsp3) is 0.692. The van der Waals surface area contributed by atoms with E-state index in [1.807, 2.05) is 0 Å². The maximum absolute atomic E-state index is 12.5. The van der Waals surface area contributed by atoms with Gasteiger partial charge in [0, 0.05) is 5.38 Å². The van der Waals surface area contributed by atoms with Gasteiger partial charge in [-0.3, -0.25) is 4.79 Å². The molecule has 0 aliphatic heterocycles. The van der Waals surface area contributed by atoms with E-state index in [4.69, 9.17) is 0 Å². The van der Waals surface area contributed by atoms with Crippen LogP contribution in [0, 0.1) is 5.92 Å². The number of aromatic nitrogens is 1. The summed E-state index contributed by atoms with van der Waals surface area (Å²) in [6.07, 6.45) is -4.91. The molecule has 1 heterocycles. The van der Waals surface area contributed by atoms with Gasteiger partial charge in [-0.1, -0.05) is 20.8 Å². The van der Waals surface area contributed by atoms with E-state index < -0.39 is 29.9 Å². The Balaban J connectivity index is 2.71. The minimum atomic E-state index is -4.48. The highest BCUT2D eigenvalue weighted by atomic mass is 32.1. The molecule has 8 heteroatoms. The zero-order valence-electron chi connectivity index (χ0n) is 12.1. The monoisotopic (exact) mass is 324 g/mol. The average molecular weight is 324 g/mol. The second-order valence-electron chi connectivity index (χ2n) is 5.11. The first kappa shape index (κ1) is 17.9. The number of hydrogen-bond donors (Lipinski definition) is 2. The van der Waals surface area contributed by atoms with Gasteiger partial charge in [0.25, 0.3) is 0 Å². The number of aliphatic hydroxyl groups is 1. The second-order valence-corrected chi connectivity index (χ2v) is 6.00. The number of halogens is 3. The fourth-order valence-corrected chi connectivity index (χ4v) is 2.55. The maximum atomic E-state index is 12.5. The lowest BCUT2D eigenvalue weighted by molar-refractivity contribution is -0.140. The van der Waals surface area contributed by atoms with Gasteiger partial charge in [0.2, 0.25) is 5.91 Å². The molecule has 0 aliphatic carbocycles. The summed E-state index contributed by atoms with van der Waals surface area (Å²) in [6.45, 7) is 5.32. The number of thiazole rings is 1. The van der Waals surface area contributed by atoms with Crippen molar-refractivity contribution in [1.29, 1.82) is 0 Å². The molecule has 0 saturated heterocycles. The number of hydrogen-bond acceptors (Lipinski definition) is 4. The van der Waals surface area contributed by atoms with Gasteiger partial charge in [-0.05, 0) is 12.3 Å². The minimum absolute atomic E-state index is 0.0625. The lowest BCUT2D eigenvalue weighted by Crippen LogP contribution is -2.32. The lowest BCUT2D eigenvalue weighted by atomic mass is 10.0. The van der Waals surface area contributed by atoms with Gasteiger partial charge in [-0.2, -0.15) is 13.2 Å². The first-order chi connectivity index (χ1) is 9.65. The third-order valence-corrected chi connectivity index (χ3v) is 3.98. The molecule has 2 N–H and O–H groups in total. The van der Waals surface area contributed by atoms with Crippen molar-refractivity contribution < 1.29 is 23.1 Å². The van der Waals surface area contributed by atoms with Crippen LogP contribution in [0.25, 0.3) is 0 Å². The number of alkyl halides is 3. The van der Waals surface area contributed by atoms with Gasteiger partial charge in [0.1, 0.15) is 5.01 Å². The Morgan fingerprint density at radius 3 is 2.52 bits per heavy atom. The summed E-state index contributed by atoms with van der Waals surface area (Å²) in [6, 6.07) is -0.571. The summed E-state index contributed by atoms with van der Waals surface area (Å²) in [7, 11) is 0. The van der Waals surface area contributed by atoms with Gasteiger partial charge < -0.3 is 10.4 Å². The van der Waals surface area contributed by atoms with Crippen LogP contribution in [-0.4, -0.2) is 22.1 Å². The average Bonchev–Trinajstić information content (AvgIpc) is 2.84. The highest BCUT2D eigenvalue weighted by Gasteiger charge is 2.34. The predicted octanol–water partition coefficient (Wildman–Crippen LogP) is 3.14. The van der Waals surface area contributed by atoms with Crippen LogP contribution >= 0.6 is 11.3 Å². The molecule has 4 nitrogen and oxygen atoms in total. The van der Waals surface area contributed by atoms with Crippen LogP contribution in [-0.2, 0) is 11.0 Å². The van der Waals surface area contributed by atoms with Gasteiger partial charge in [0.05, 0.1) is 18.6 Å². The lowest BCUT2D eigenvalue weighted by Gasteiger charge is -2.18. The van der Waals surface area contributed by atoms with Crippen LogP contribution in [0.3, 0.4) is 0 Å². The molecule has 21 heavy (non-hydrogen) atoms. The van der Waals surface area contributed by atoms with Crippen molar-refractivity contribution in [2.45, 2.75) is 51.9 Å². The van der Waals surface area contributed by atoms with E-state index in [1.165, 1.54) is 0 Å². The molecule has 1 aromatic heterocycles. The molecule has 2 unspecified atom stereocenters. The van der Waals surface area contributed by atoms with E-state index in [0.717, 1.165) is 16.7 Å². The quantitative estimate of drug-likeness (QED) is 0.845. The third kappa shape index (κ3) is 5.28. The van der Waals surface area contributed by atoms with Crippen LogP contribution in [0.4, 0.5) is 13.2 Å². The molecular weight excluding hydrogens is 305 g/mol. The standard InChI is InChI=1S/C13H19F3N2O2S/c1-4-8(17-11(20)5-9(19)7(2)3)12-18-10(6-21-12)13(14,15)16/h6-9,19H,4-5H2,1-3H3,(H,17,20). The van der Waals surface area contributed by atoms with Crippen molar-refractivity contribution in [2.75, 3.05) is 0 Å². The zero-order valence-corrected chi connectivity index (χ0v) is 12.9. The molecule has 1 rings (SSSR count). The van der Waals surface area contributed by atoms with Gasteiger partial charge in [0.15, 0.2) is 5.69 Å². The Kier molecular flexibility index (Phi) is 6.15. The SMILES string of the molecule is CCC(NC(=O)CC(O)C(C)C)c1nc(C(F)(F)F)cs1. The molecule has 0 saturated carbocycles. The fourth-order valence-electron chi connectivity index (χ4n) is 1.60. The van der Waals surface area contributed by atoms with Gasteiger partial charge in [-0.25, -0.2) is 4.98 Å². The van der Waals surface area contributed by atoms with E-state index in [-0.39, 0.29) is 17.3 Å². The predicted molar refractivity (Wildman–Crippen MR) is 73.8 cm³/mol. The van der Waals surface area contributed by atoms with E-state index >= 15 is 0 Å². The van der Waals surface area contributed by atoms with Crippen LogP contribution < -0.4 is 5.32 Å². The number of aliphatic hydroxyl groups excluding tert-OH is 1. The number of amides is 1. The maximum Gasteiger partial charge on any atom is 0.434 e. The zero-order chi connectivity index (χ0) is 16.2. The van der Waals surface area contributed by atoms with Crippen LogP contribution in [0.15, 0.2) is 5.38 Å². The topological polar surface area (TPSA) is 62.2 Å². The normalized spacial score (nSPS) is 15.0. The van der Waals surface area contributed by atoms with E-state index in [2.05, 4.69) is 10.3 Å². The second kappa shape index (κ2) is 7.22. The Labute approximate surface area is 125 Å². The summed E-state index contributed by atoms with van der Waals surface area (Å²) < 4.78 is 37.5. The summed E-state index contributed by atoms with van der Waals surface area (Å²) >= 11 is 0.868. The smallest absolute Gasteiger partial charge is 0.392 e. The Morgan fingerprint density at radius 1 is 1.48 bits per heavy atom. The molecule has 2 atom stereocenters. The van der Waals surface area contributed by atoms with Crippen molar-refractivity contribution in [1.82, 2.24) is 10.3 Å². The molecule has 0 radical (unpaired) electrons. The molecule has 1 aromatic rings. The Morgan fingerprint density at radius 2 is 2.10 bits per heavy atom. The first-order valence-corrected chi connectivity index (χ1v) is 7.53. The Hall–Kier alpha value is -1.15. The van der Waals surface area contributed by atoms with E-state index in [9.17, 15) is 23.1 Å². The molecule has 0 bridgehead atoms. The molecule has 120 valence electrons. The summed E-state index contributed by atoms with van der Waals surface area (Å²) in [4.78, 5) is 15.3. The van der Waals surface area contributed by atoms with Crippen molar-refractivity contribution in [3.05, 3.63) is 16.1 Å². The number of nitrogens with zero attached hydrogens (tertiary/aromatic N) is 1. The van der Waals surface area contributed by atoms with E-state index in [0.29, 0.717) is 6.42 Å². The van der Waals surface area contributed by atoms with Gasteiger partial charge >= 0.3 is 6.18 Å². The molecule has 0 spiro atoms. The summed E-state index contributed by atoms with van der Waals surface area (Å²) in [5.74, 6) is -0.459. The molecule has 0 fully saturated rings. The van der Waals surface area contributed by atoms with Crippen molar-refractivity contribution in [2.24, 2.45) is 5.92 Å². The first-order valence-electron chi connectivity index (χ1n) is 6.65. The number of carbonyl (C=O) groups excluding carboxylic acids is 1. The molecule has 1 amide bonds. The number of rotatable bonds is 6. The van der Waals surface area contributed by atoms with Crippen LogP contribution in [0.5, 0.6) is 0 Å². The molecule has 0 aliphatic rings. The largest absolute Gasteiger partial charge is 0.434 e. The van der Waals surface area contributed by atoms with Crippen LogP contribution in [0.1, 0.15) is 50.4 Å². The highest BCUT2D eigenvalue weighted by molar-refractivity contribution is 7.09. The minimum Gasteiger partial charge on any atom is -0.392 e. The number of carbonyl (C=O) groups is 1. The summed E-state index contributed by atoms with van der Waals surface area (Å²) in [5, 5.41) is 13.4. The third-order valence-electron chi connectivity index (χ3n) is 3.02. The van der Waals surface area contributed by atoms with E-state index in [1.54, 1.807) is 20.8 Å². The van der Waals surface area contributed by atoms with Crippen molar-refractivity contribution >= 4 is 17.2 Å². The van der Waals surface area contributed by atoms with Gasteiger partial charge in [-0.15, -0.1) is 11.3 Å². The van der Waals surface area contributed by atoms with Crippen molar-refractivity contribution in [3.63, 3.8) is 0 Å². The van der Waals surface area contributed by atoms with Crippen molar-refractivity contribution in [3.8, 4) is 0 Å². The van der Waals surface area contributed by atoms with Crippen LogP contribution in [0.2, 0.25) is 0 Å². The summed E-state index contributed by atoms with van der Waals surface area (Å²) in [5.41, 5.74) is -0.947. The number of nitrogens with one attached hydrogen (secondary N) is 1.